The molecule has 1 aromatic carbocycles. The molecule has 1 aliphatic carbocycles. The molecule has 10 nitrogen and oxygen atoms in total. The predicted molar refractivity (Wildman–Crippen MR) is 151 cm³/mol. The Labute approximate surface area is 236 Å². The van der Waals surface area contributed by atoms with Crippen LogP contribution in [-0.2, 0) is 20.8 Å². The Kier molecular flexibility index (Phi) is 15.0. The maximum atomic E-state index is 11.6. The molecular formula is C30H44N2O8. The number of carbonyl (C=O) groups is 2. The first-order chi connectivity index (χ1) is 19.2. The number of carboxylic acids is 1. The Morgan fingerprint density at radius 2 is 1.88 bits per heavy atom. The van der Waals surface area contributed by atoms with Gasteiger partial charge >= 0.3 is 5.97 Å². The fourth-order valence-electron chi connectivity index (χ4n) is 5.31. The van der Waals surface area contributed by atoms with Crippen molar-refractivity contribution in [2.75, 3.05) is 6.54 Å². The van der Waals surface area contributed by atoms with Crippen LogP contribution in [0.4, 0.5) is 0 Å². The summed E-state index contributed by atoms with van der Waals surface area (Å²) in [6, 6.07) is 9.71. The summed E-state index contributed by atoms with van der Waals surface area (Å²) < 4.78 is 0. The molecular weight excluding hydrogens is 516 g/mol. The van der Waals surface area contributed by atoms with Crippen molar-refractivity contribution < 1.29 is 34.8 Å². The van der Waals surface area contributed by atoms with Crippen molar-refractivity contribution >= 4 is 11.9 Å². The Morgan fingerprint density at radius 1 is 1.12 bits per heavy atom. The summed E-state index contributed by atoms with van der Waals surface area (Å²) in [5, 5.41) is 43.6. The normalized spacial score (nSPS) is 22.4. The Balaban J connectivity index is 2.12. The molecule has 0 spiro atoms. The Bertz CT molecular complexity index is 968. The number of aliphatic hydroxyl groups is 2. The second-order valence-electron chi connectivity index (χ2n) is 10.4. The van der Waals surface area contributed by atoms with Gasteiger partial charge in [0, 0.05) is 37.6 Å². The molecule has 1 aromatic rings. The summed E-state index contributed by atoms with van der Waals surface area (Å²) in [6.07, 6.45) is 9.60. The maximum absolute atomic E-state index is 11.6. The van der Waals surface area contributed by atoms with Crippen molar-refractivity contribution in [2.24, 2.45) is 17.8 Å². The predicted octanol–water partition coefficient (Wildman–Crippen LogP) is 4.23. The van der Waals surface area contributed by atoms with Crippen molar-refractivity contribution in [3.8, 4) is 0 Å². The molecule has 222 valence electrons. The topological polar surface area (TPSA) is 159 Å². The van der Waals surface area contributed by atoms with Gasteiger partial charge in [-0.3, -0.25) is 9.59 Å². The number of nitrogens with zero attached hydrogens (tertiary/aromatic N) is 1. The lowest BCUT2D eigenvalue weighted by atomic mass is 9.86. The number of aryl methyl sites for hydroxylation is 1. The molecule has 1 fully saturated rings. The van der Waals surface area contributed by atoms with Crippen LogP contribution in [0.1, 0.15) is 70.3 Å². The molecule has 0 radical (unpaired) electrons. The van der Waals surface area contributed by atoms with Gasteiger partial charge in [-0.15, -0.1) is 10.1 Å². The zero-order valence-electron chi connectivity index (χ0n) is 23.3. The largest absolute Gasteiger partial charge is 0.481 e. The number of rotatable bonds is 19. The van der Waals surface area contributed by atoms with Gasteiger partial charge < -0.3 is 25.5 Å². The molecule has 1 aliphatic rings. The zero-order chi connectivity index (χ0) is 29.3. The van der Waals surface area contributed by atoms with E-state index in [0.717, 1.165) is 18.4 Å². The number of benzene rings is 1. The Hall–Kier alpha value is -3.24. The highest BCUT2D eigenvalue weighted by Crippen LogP contribution is 2.37. The number of unbranched alkanes of at least 4 members (excludes halogenated alkanes) is 1. The molecule has 0 heterocycles. The highest BCUT2D eigenvalue weighted by Gasteiger charge is 2.39. The molecule has 1 amide bonds. The van der Waals surface area contributed by atoms with E-state index in [-0.39, 0.29) is 43.4 Å². The van der Waals surface area contributed by atoms with Crippen molar-refractivity contribution in [3.05, 3.63) is 70.3 Å². The summed E-state index contributed by atoms with van der Waals surface area (Å²) >= 11 is 0. The van der Waals surface area contributed by atoms with E-state index in [9.17, 15) is 29.9 Å². The number of carbonyl (C=O) groups excluding carboxylic acids is 1. The summed E-state index contributed by atoms with van der Waals surface area (Å²) in [5.41, 5.74) is 1.07. The first-order valence-corrected chi connectivity index (χ1v) is 14.2. The van der Waals surface area contributed by atoms with Gasteiger partial charge in [0.2, 0.25) is 5.91 Å². The summed E-state index contributed by atoms with van der Waals surface area (Å²) in [4.78, 5) is 38.9. The molecule has 4 N–H and O–H groups in total. The van der Waals surface area contributed by atoms with E-state index in [0.29, 0.717) is 32.2 Å². The second kappa shape index (κ2) is 18.2. The lowest BCUT2D eigenvalue weighted by Gasteiger charge is -2.25. The highest BCUT2D eigenvalue weighted by atomic mass is 17.0. The molecule has 0 aliphatic heterocycles. The number of nitrogens with one attached hydrogen (secondary N) is 1. The van der Waals surface area contributed by atoms with Crippen LogP contribution in [0.2, 0.25) is 0 Å². The van der Waals surface area contributed by atoms with Crippen LogP contribution >= 0.6 is 0 Å². The molecule has 6 atom stereocenters. The number of amides is 1. The molecule has 0 aromatic heterocycles. The van der Waals surface area contributed by atoms with E-state index < -0.39 is 35.3 Å². The number of allylic oxidation sites excluding steroid dienone is 2. The third kappa shape index (κ3) is 12.3. The number of carboxylic acid groups (broad SMARTS) is 1. The van der Waals surface area contributed by atoms with E-state index in [1.54, 1.807) is 0 Å². The second-order valence-corrected chi connectivity index (χ2v) is 10.4. The standard InChI is InChI=1S/C30H44N2O8/c1-2-31-29(35)15-9-4-3-8-13-24-25(27(34)21-26(24)33)20-19-23(18-17-22-11-6-5-7-12-22)28(40-32(38)39)14-10-16-30(36)37/h3,5-8,11-12,19-20,23-28,33-34H,2,4,9-10,13-18,21H2,1H3,(H,31,35)(H,36,37)/b8-3-,20-19?/t23?,24-,25-,26+,27+,28?/m1/s1. The van der Waals surface area contributed by atoms with Crippen LogP contribution < -0.4 is 5.32 Å². The average Bonchev–Trinajstić information content (AvgIpc) is 3.17. The van der Waals surface area contributed by atoms with Crippen molar-refractivity contribution in [3.63, 3.8) is 0 Å². The van der Waals surface area contributed by atoms with Gasteiger partial charge in [0.15, 0.2) is 0 Å². The van der Waals surface area contributed by atoms with Crippen LogP contribution in [0, 0.1) is 27.9 Å². The van der Waals surface area contributed by atoms with Gasteiger partial charge in [-0.1, -0.05) is 54.6 Å². The van der Waals surface area contributed by atoms with Crippen LogP contribution in [-0.4, -0.2) is 57.1 Å². The third-order valence-electron chi connectivity index (χ3n) is 7.41. The Morgan fingerprint density at radius 3 is 2.55 bits per heavy atom. The van der Waals surface area contributed by atoms with Crippen molar-refractivity contribution in [2.45, 2.75) is 89.4 Å². The minimum Gasteiger partial charge on any atom is -0.481 e. The lowest BCUT2D eigenvalue weighted by molar-refractivity contribution is -0.770. The van der Waals surface area contributed by atoms with Crippen molar-refractivity contribution in [1.82, 2.24) is 5.32 Å². The summed E-state index contributed by atoms with van der Waals surface area (Å²) in [7, 11) is 0. The first-order valence-electron chi connectivity index (χ1n) is 14.2. The zero-order valence-corrected chi connectivity index (χ0v) is 23.3. The SMILES string of the molecule is CCNC(=O)CCC/C=C\C[C@@H]1[C@@H](C=CC(CCc2ccccc2)C(CCCC(=O)O)O[N+](=O)[O-])[C@@H](O)C[C@@H]1O. The van der Waals surface area contributed by atoms with Crippen LogP contribution in [0.25, 0.3) is 0 Å². The first kappa shape index (κ1) is 33.0. The van der Waals surface area contributed by atoms with Gasteiger partial charge in [-0.2, -0.15) is 0 Å². The monoisotopic (exact) mass is 560 g/mol. The quantitative estimate of drug-likeness (QED) is 0.0846. The summed E-state index contributed by atoms with van der Waals surface area (Å²) in [6.45, 7) is 2.49. The molecule has 0 saturated heterocycles. The molecule has 10 heteroatoms. The van der Waals surface area contributed by atoms with E-state index in [1.165, 1.54) is 0 Å². The average molecular weight is 561 g/mol. The minimum atomic E-state index is -0.973. The van der Waals surface area contributed by atoms with Gasteiger partial charge in [0.05, 0.1) is 12.2 Å². The van der Waals surface area contributed by atoms with E-state index in [2.05, 4.69) is 5.32 Å². The molecule has 0 bridgehead atoms. The fraction of sp³-hybridized carbons (Fsp3) is 0.600. The molecule has 2 unspecified atom stereocenters. The number of aliphatic hydroxyl groups excluding tert-OH is 2. The van der Waals surface area contributed by atoms with Crippen LogP contribution in [0.5, 0.6) is 0 Å². The number of hydrogen-bond donors (Lipinski definition) is 4. The maximum Gasteiger partial charge on any atom is 0.303 e. The summed E-state index contributed by atoms with van der Waals surface area (Å²) in [5.74, 6) is -1.90. The van der Waals surface area contributed by atoms with Gasteiger partial charge in [0.1, 0.15) is 6.10 Å². The van der Waals surface area contributed by atoms with E-state index >= 15 is 0 Å². The number of hydrogen-bond acceptors (Lipinski definition) is 7. The van der Waals surface area contributed by atoms with Crippen LogP contribution in [0.3, 0.4) is 0 Å². The third-order valence-corrected chi connectivity index (χ3v) is 7.41. The lowest BCUT2D eigenvalue weighted by Crippen LogP contribution is -2.27. The number of aliphatic carboxylic acids is 1. The van der Waals surface area contributed by atoms with Gasteiger partial charge in [-0.05, 0) is 63.4 Å². The molecule has 40 heavy (non-hydrogen) atoms. The smallest absolute Gasteiger partial charge is 0.303 e. The minimum absolute atomic E-state index is 0.0274. The van der Waals surface area contributed by atoms with E-state index in [4.69, 9.17) is 9.94 Å². The highest BCUT2D eigenvalue weighted by molar-refractivity contribution is 5.75. The molecule has 1 saturated carbocycles. The molecule has 2 rings (SSSR count). The van der Waals surface area contributed by atoms with Gasteiger partial charge in [-0.25, -0.2) is 0 Å². The fourth-order valence-corrected chi connectivity index (χ4v) is 5.31. The van der Waals surface area contributed by atoms with Gasteiger partial charge in [0.25, 0.3) is 5.09 Å². The van der Waals surface area contributed by atoms with E-state index in [1.807, 2.05) is 61.6 Å². The van der Waals surface area contributed by atoms with Crippen LogP contribution in [0.15, 0.2) is 54.6 Å². The van der Waals surface area contributed by atoms with Crippen molar-refractivity contribution in [1.29, 1.82) is 0 Å².